The van der Waals surface area contributed by atoms with Gasteiger partial charge in [0.05, 0.1) is 34.3 Å². The molecule has 0 bridgehead atoms. The van der Waals surface area contributed by atoms with Gasteiger partial charge in [0.15, 0.2) is 0 Å². The van der Waals surface area contributed by atoms with Crippen molar-refractivity contribution in [2.75, 3.05) is 9.91 Å². The molecule has 212 valence electrons. The Labute approximate surface area is 252 Å². The Hall–Kier alpha value is -4.95. The molecular weight excluding hydrogens is 559 g/mol. The predicted molar refractivity (Wildman–Crippen MR) is 168 cm³/mol. The van der Waals surface area contributed by atoms with Crippen molar-refractivity contribution in [1.82, 2.24) is 4.98 Å². The van der Waals surface area contributed by atoms with E-state index >= 15 is 0 Å². The molecule has 1 atom stereocenters. The average molecular weight is 587 g/mol. The highest BCUT2D eigenvalue weighted by molar-refractivity contribution is 7.14. The zero-order valence-electron chi connectivity index (χ0n) is 23.6. The number of carbonyl (C=O) groups is 2. The molecule has 0 fully saturated rings. The summed E-state index contributed by atoms with van der Waals surface area (Å²) >= 11 is 1.48. The van der Waals surface area contributed by atoms with Gasteiger partial charge in [-0.2, -0.15) is 5.10 Å². The van der Waals surface area contributed by atoms with Crippen LogP contribution in [0.5, 0.6) is 0 Å². The Morgan fingerprint density at radius 3 is 2.21 bits per heavy atom. The first kappa shape index (κ1) is 26.9. The van der Waals surface area contributed by atoms with Crippen molar-refractivity contribution in [3.8, 4) is 11.3 Å². The molecule has 8 heteroatoms. The first-order valence-corrected chi connectivity index (χ1v) is 15.0. The van der Waals surface area contributed by atoms with Gasteiger partial charge in [-0.25, -0.2) is 19.3 Å². The number of thiazole rings is 1. The van der Waals surface area contributed by atoms with Crippen LogP contribution in [0, 0.1) is 5.82 Å². The van der Waals surface area contributed by atoms with Crippen molar-refractivity contribution < 1.29 is 14.0 Å². The molecule has 0 aliphatic carbocycles. The number of amides is 2. The van der Waals surface area contributed by atoms with Gasteiger partial charge in [0.25, 0.3) is 11.8 Å². The van der Waals surface area contributed by atoms with E-state index in [1.54, 1.807) is 42.5 Å². The average Bonchev–Trinajstić information content (AvgIpc) is 3.75. The van der Waals surface area contributed by atoms with Crippen LogP contribution in [-0.4, -0.2) is 22.5 Å². The molecule has 0 N–H and O–H groups in total. The molecule has 5 aromatic rings. The van der Waals surface area contributed by atoms with Gasteiger partial charge in [-0.15, -0.1) is 11.3 Å². The molecule has 7 rings (SSSR count). The topological polar surface area (TPSA) is 65.9 Å². The van der Waals surface area contributed by atoms with Gasteiger partial charge in [0, 0.05) is 17.4 Å². The van der Waals surface area contributed by atoms with Gasteiger partial charge in [-0.05, 0) is 59.0 Å². The lowest BCUT2D eigenvalue weighted by atomic mass is 9.95. The molecule has 1 aromatic heterocycles. The fourth-order valence-electron chi connectivity index (χ4n) is 5.60. The van der Waals surface area contributed by atoms with E-state index in [4.69, 9.17) is 10.1 Å². The highest BCUT2D eigenvalue weighted by atomic mass is 32.1. The molecule has 43 heavy (non-hydrogen) atoms. The summed E-state index contributed by atoms with van der Waals surface area (Å²) in [7, 11) is 0. The number of hydrazone groups is 1. The lowest BCUT2D eigenvalue weighted by Gasteiger charge is -2.21. The van der Waals surface area contributed by atoms with Crippen LogP contribution in [0.3, 0.4) is 0 Å². The maximum atomic E-state index is 13.7. The minimum Gasteiger partial charge on any atom is -0.268 e. The fourth-order valence-corrected chi connectivity index (χ4v) is 6.43. The number of benzene rings is 4. The van der Waals surface area contributed by atoms with E-state index in [1.165, 1.54) is 33.9 Å². The van der Waals surface area contributed by atoms with Crippen molar-refractivity contribution in [2.45, 2.75) is 32.2 Å². The molecule has 0 spiro atoms. The van der Waals surface area contributed by atoms with Crippen LogP contribution in [0.25, 0.3) is 11.3 Å². The summed E-state index contributed by atoms with van der Waals surface area (Å²) in [5.74, 6) is -0.518. The molecule has 2 aliphatic rings. The van der Waals surface area contributed by atoms with Gasteiger partial charge in [0.2, 0.25) is 5.13 Å². The number of nitrogens with zero attached hydrogens (tertiary/aromatic N) is 4. The van der Waals surface area contributed by atoms with Crippen molar-refractivity contribution in [1.29, 1.82) is 0 Å². The number of hydrogen-bond acceptors (Lipinski definition) is 6. The van der Waals surface area contributed by atoms with Crippen LogP contribution in [-0.2, 0) is 0 Å². The van der Waals surface area contributed by atoms with E-state index in [1.807, 2.05) is 28.6 Å². The molecule has 0 saturated carbocycles. The summed E-state index contributed by atoms with van der Waals surface area (Å²) in [6.07, 6.45) is 0.650. The number of halogens is 1. The first-order valence-electron chi connectivity index (χ1n) is 14.1. The zero-order valence-corrected chi connectivity index (χ0v) is 24.4. The minimum absolute atomic E-state index is 0.0788. The van der Waals surface area contributed by atoms with Crippen LogP contribution in [0.4, 0.5) is 15.2 Å². The van der Waals surface area contributed by atoms with E-state index in [2.05, 4.69) is 38.1 Å². The molecule has 0 unspecified atom stereocenters. The number of imide groups is 1. The summed E-state index contributed by atoms with van der Waals surface area (Å²) in [6.45, 7) is 4.35. The summed E-state index contributed by atoms with van der Waals surface area (Å²) in [5, 5.41) is 9.61. The molecule has 0 saturated heterocycles. The first-order chi connectivity index (χ1) is 20.9. The summed E-state index contributed by atoms with van der Waals surface area (Å²) < 4.78 is 13.7. The Bertz CT molecular complexity index is 1860. The minimum atomic E-state index is -0.331. The quantitative estimate of drug-likeness (QED) is 0.188. The second-order valence-electron chi connectivity index (χ2n) is 11.0. The molecule has 6 nitrogen and oxygen atoms in total. The number of aromatic nitrogens is 1. The Balaban J connectivity index is 1.22. The van der Waals surface area contributed by atoms with E-state index < -0.39 is 0 Å². The maximum absolute atomic E-state index is 13.7. The maximum Gasteiger partial charge on any atom is 0.266 e. The standard InChI is InChI=1S/C35H27FN4O2S/c1-21(2)22-10-12-24(13-11-22)32-19-30(23-14-16-26(36)17-15-23)38-40(32)35-37-31(20-43-35)25-6-5-7-27(18-25)39-33(41)28-8-3-4-9-29(28)34(39)42/h3-18,20-21,32H,19H2,1-2H3/t32-/m1/s1. The summed E-state index contributed by atoms with van der Waals surface area (Å²) in [4.78, 5) is 32.3. The molecule has 3 heterocycles. The second kappa shape index (κ2) is 10.7. The lowest BCUT2D eigenvalue weighted by molar-refractivity contribution is 0.0926. The van der Waals surface area contributed by atoms with Crippen LogP contribution >= 0.6 is 11.3 Å². The predicted octanol–water partition coefficient (Wildman–Crippen LogP) is 8.23. The molecular formula is C35H27FN4O2S. The van der Waals surface area contributed by atoms with E-state index in [0.717, 1.165) is 33.2 Å². The Morgan fingerprint density at radius 1 is 0.837 bits per heavy atom. The SMILES string of the molecule is CC(C)c1ccc([C@H]2CC(c3ccc(F)cc3)=NN2c2nc(-c3cccc(N4C(=O)c5ccccc5C4=O)c3)cs2)cc1. The number of fused-ring (bicyclic) bond motifs is 1. The normalized spacial score (nSPS) is 16.3. The van der Waals surface area contributed by atoms with Gasteiger partial charge in [-0.3, -0.25) is 9.59 Å². The summed E-state index contributed by atoms with van der Waals surface area (Å²) in [5.41, 5.74) is 6.95. The van der Waals surface area contributed by atoms with E-state index in [0.29, 0.717) is 29.2 Å². The Morgan fingerprint density at radius 2 is 1.53 bits per heavy atom. The van der Waals surface area contributed by atoms with Crippen LogP contribution in [0.1, 0.15) is 69.6 Å². The number of hydrogen-bond donors (Lipinski definition) is 0. The third-order valence-corrected chi connectivity index (χ3v) is 8.79. The monoisotopic (exact) mass is 586 g/mol. The highest BCUT2D eigenvalue weighted by Gasteiger charge is 2.36. The zero-order chi connectivity index (χ0) is 29.7. The summed E-state index contributed by atoms with van der Waals surface area (Å²) in [6, 6.07) is 29.2. The van der Waals surface area contributed by atoms with Crippen molar-refractivity contribution in [3.05, 3.63) is 136 Å². The van der Waals surface area contributed by atoms with Gasteiger partial charge in [0.1, 0.15) is 5.82 Å². The van der Waals surface area contributed by atoms with Gasteiger partial charge < -0.3 is 0 Å². The number of carbonyl (C=O) groups excluding carboxylic acids is 2. The van der Waals surface area contributed by atoms with Crippen molar-refractivity contribution >= 4 is 39.7 Å². The molecule has 4 aromatic carbocycles. The number of rotatable bonds is 6. The van der Waals surface area contributed by atoms with Crippen molar-refractivity contribution in [2.24, 2.45) is 5.10 Å². The number of anilines is 2. The smallest absolute Gasteiger partial charge is 0.266 e. The van der Waals surface area contributed by atoms with E-state index in [-0.39, 0.29) is 23.7 Å². The van der Waals surface area contributed by atoms with Crippen molar-refractivity contribution in [3.63, 3.8) is 0 Å². The lowest BCUT2D eigenvalue weighted by Crippen LogP contribution is -2.29. The third kappa shape index (κ3) is 4.83. The van der Waals surface area contributed by atoms with Crippen LogP contribution in [0.15, 0.2) is 108 Å². The molecule has 2 amide bonds. The Kier molecular flexibility index (Phi) is 6.70. The van der Waals surface area contributed by atoms with E-state index in [9.17, 15) is 14.0 Å². The van der Waals surface area contributed by atoms with Crippen LogP contribution < -0.4 is 9.91 Å². The largest absolute Gasteiger partial charge is 0.268 e. The second-order valence-corrected chi connectivity index (χ2v) is 11.8. The third-order valence-electron chi connectivity index (χ3n) is 7.96. The van der Waals surface area contributed by atoms with Gasteiger partial charge in [-0.1, -0.05) is 74.5 Å². The van der Waals surface area contributed by atoms with Gasteiger partial charge >= 0.3 is 0 Å². The highest BCUT2D eigenvalue weighted by Crippen LogP contribution is 2.40. The molecule has 2 aliphatic heterocycles. The van der Waals surface area contributed by atoms with Crippen LogP contribution in [0.2, 0.25) is 0 Å². The fraction of sp³-hybridized carbons (Fsp3) is 0.143. The molecule has 0 radical (unpaired) electrons.